The van der Waals surface area contributed by atoms with Crippen LogP contribution in [-0.2, 0) is 16.4 Å². The molecule has 1 heterocycles. The number of nitrogens with one attached hydrogen (secondary N) is 2. The van der Waals surface area contributed by atoms with E-state index in [1.54, 1.807) is 0 Å². The van der Waals surface area contributed by atoms with Crippen LogP contribution in [0.1, 0.15) is 44.9 Å². The van der Waals surface area contributed by atoms with Crippen LogP contribution in [0, 0.1) is 23.7 Å². The summed E-state index contributed by atoms with van der Waals surface area (Å²) in [5.41, 5.74) is 0. The first-order chi connectivity index (χ1) is 10.0. The molecule has 21 heavy (non-hydrogen) atoms. The molecule has 2 N–H and O–H groups in total. The van der Waals surface area contributed by atoms with Crippen LogP contribution in [0.2, 0.25) is 0 Å². The van der Waals surface area contributed by atoms with E-state index in [1.165, 1.54) is 38.3 Å². The van der Waals surface area contributed by atoms with Crippen molar-refractivity contribution in [2.24, 2.45) is 23.7 Å². The van der Waals surface area contributed by atoms with Gasteiger partial charge in [0.15, 0.2) is 5.03 Å². The normalized spacial score (nSPS) is 38.0. The fraction of sp³-hybridized carbons (Fsp3) is 0.800. The van der Waals surface area contributed by atoms with Gasteiger partial charge in [-0.05, 0) is 55.8 Å². The third-order valence-corrected chi connectivity index (χ3v) is 7.12. The summed E-state index contributed by atoms with van der Waals surface area (Å²) in [4.78, 5) is 7.03. The van der Waals surface area contributed by atoms with E-state index in [9.17, 15) is 8.42 Å². The van der Waals surface area contributed by atoms with Crippen LogP contribution in [0.4, 0.5) is 0 Å². The van der Waals surface area contributed by atoms with Crippen LogP contribution in [-0.4, -0.2) is 24.4 Å². The smallest absolute Gasteiger partial charge is 0.257 e. The Morgan fingerprint density at radius 3 is 2.33 bits per heavy atom. The first-order valence-corrected chi connectivity index (χ1v) is 9.59. The van der Waals surface area contributed by atoms with Gasteiger partial charge in [-0.2, -0.15) is 0 Å². The Labute approximate surface area is 126 Å². The summed E-state index contributed by atoms with van der Waals surface area (Å²) < 4.78 is 28.1. The maximum absolute atomic E-state index is 12.6. The zero-order valence-electron chi connectivity index (χ0n) is 12.4. The lowest BCUT2D eigenvalue weighted by Gasteiger charge is -2.54. The highest BCUT2D eigenvalue weighted by Gasteiger charge is 2.49. The molecule has 0 aliphatic heterocycles. The molecule has 5 nitrogen and oxygen atoms in total. The molecular weight excluding hydrogens is 286 g/mol. The number of H-pyrrole nitrogens is 1. The van der Waals surface area contributed by atoms with E-state index in [4.69, 9.17) is 0 Å². The van der Waals surface area contributed by atoms with E-state index in [-0.39, 0.29) is 11.1 Å². The Balaban J connectivity index is 1.55. The van der Waals surface area contributed by atoms with Gasteiger partial charge >= 0.3 is 0 Å². The van der Waals surface area contributed by atoms with Crippen molar-refractivity contribution in [1.29, 1.82) is 0 Å². The maximum Gasteiger partial charge on any atom is 0.257 e. The SMILES string of the molecule is CCc1ncc(S(=O)(=O)NC2C3CC4CC(C3)CC2C4)[nH]1. The Bertz CT molecular complexity index is 609. The molecule has 4 saturated carbocycles. The first kappa shape index (κ1) is 13.8. The average molecular weight is 309 g/mol. The number of imidazole rings is 1. The molecule has 5 rings (SSSR count). The zero-order valence-corrected chi connectivity index (χ0v) is 13.2. The van der Waals surface area contributed by atoms with Crippen LogP contribution in [0.25, 0.3) is 0 Å². The second kappa shape index (κ2) is 4.81. The lowest BCUT2D eigenvalue weighted by molar-refractivity contribution is -0.00559. The summed E-state index contributed by atoms with van der Waals surface area (Å²) in [6.07, 6.45) is 8.39. The largest absolute Gasteiger partial charge is 0.332 e. The van der Waals surface area contributed by atoms with E-state index in [2.05, 4.69) is 14.7 Å². The predicted molar refractivity (Wildman–Crippen MR) is 79.1 cm³/mol. The topological polar surface area (TPSA) is 74.8 Å². The molecule has 0 spiro atoms. The van der Waals surface area contributed by atoms with Crippen LogP contribution in [0.5, 0.6) is 0 Å². The van der Waals surface area contributed by atoms with Crippen molar-refractivity contribution in [2.45, 2.75) is 56.5 Å². The van der Waals surface area contributed by atoms with Crippen molar-refractivity contribution in [1.82, 2.24) is 14.7 Å². The number of aromatic nitrogens is 2. The van der Waals surface area contributed by atoms with Crippen molar-refractivity contribution in [3.63, 3.8) is 0 Å². The molecule has 0 atom stereocenters. The minimum atomic E-state index is -3.46. The van der Waals surface area contributed by atoms with Gasteiger partial charge < -0.3 is 4.98 Å². The van der Waals surface area contributed by atoms with Gasteiger partial charge in [-0.1, -0.05) is 6.92 Å². The Morgan fingerprint density at radius 1 is 1.19 bits per heavy atom. The third kappa shape index (κ3) is 2.32. The molecule has 1 aromatic rings. The summed E-state index contributed by atoms with van der Waals surface area (Å²) in [6.45, 7) is 1.96. The Kier molecular flexibility index (Phi) is 3.15. The highest BCUT2D eigenvalue weighted by Crippen LogP contribution is 2.53. The van der Waals surface area contributed by atoms with Gasteiger partial charge in [-0.3, -0.25) is 0 Å². The van der Waals surface area contributed by atoms with Gasteiger partial charge in [-0.25, -0.2) is 18.1 Å². The van der Waals surface area contributed by atoms with Crippen molar-refractivity contribution >= 4 is 10.0 Å². The number of aryl methyl sites for hydroxylation is 1. The maximum atomic E-state index is 12.6. The van der Waals surface area contributed by atoms with E-state index in [1.807, 2.05) is 6.92 Å². The van der Waals surface area contributed by atoms with E-state index < -0.39 is 10.0 Å². The molecule has 6 heteroatoms. The lowest BCUT2D eigenvalue weighted by atomic mass is 9.54. The highest BCUT2D eigenvalue weighted by atomic mass is 32.2. The predicted octanol–water partition coefficient (Wildman–Crippen LogP) is 2.08. The van der Waals surface area contributed by atoms with Gasteiger partial charge in [0.05, 0.1) is 6.20 Å². The molecule has 4 fully saturated rings. The molecule has 4 bridgehead atoms. The fourth-order valence-corrected chi connectivity index (χ4v) is 6.33. The summed E-state index contributed by atoms with van der Waals surface area (Å²) in [5, 5.41) is 0.216. The summed E-state index contributed by atoms with van der Waals surface area (Å²) in [6, 6.07) is 0.135. The van der Waals surface area contributed by atoms with Crippen LogP contribution >= 0.6 is 0 Å². The minimum Gasteiger partial charge on any atom is -0.332 e. The summed E-state index contributed by atoms with van der Waals surface area (Å²) >= 11 is 0. The third-order valence-electron chi connectivity index (χ3n) is 5.75. The standard InChI is InChI=1S/C15H23N3O2S/c1-2-13-16-8-14(17-13)21(19,20)18-15-11-4-9-3-10(6-11)7-12(15)5-9/h8-12,15,18H,2-7H2,1H3,(H,16,17). The second-order valence-corrected chi connectivity index (χ2v) is 8.81. The van der Waals surface area contributed by atoms with Crippen molar-refractivity contribution in [2.75, 3.05) is 0 Å². The second-order valence-electron chi connectivity index (χ2n) is 7.13. The molecule has 4 aliphatic rings. The lowest BCUT2D eigenvalue weighted by Crippen LogP contribution is -2.55. The van der Waals surface area contributed by atoms with Crippen molar-refractivity contribution in [3.05, 3.63) is 12.0 Å². The van der Waals surface area contributed by atoms with Crippen LogP contribution in [0.15, 0.2) is 11.2 Å². The number of hydrogen-bond donors (Lipinski definition) is 2. The van der Waals surface area contributed by atoms with Crippen LogP contribution in [0.3, 0.4) is 0 Å². The molecule has 0 amide bonds. The van der Waals surface area contributed by atoms with Gasteiger partial charge in [0, 0.05) is 12.5 Å². The molecule has 116 valence electrons. The highest BCUT2D eigenvalue weighted by molar-refractivity contribution is 7.89. The fourth-order valence-electron chi connectivity index (χ4n) is 5.02. The number of hydrogen-bond acceptors (Lipinski definition) is 3. The first-order valence-electron chi connectivity index (χ1n) is 8.11. The van der Waals surface area contributed by atoms with Crippen molar-refractivity contribution in [3.8, 4) is 0 Å². The van der Waals surface area contributed by atoms with E-state index in [0.717, 1.165) is 17.7 Å². The number of sulfonamides is 1. The van der Waals surface area contributed by atoms with Gasteiger partial charge in [0.1, 0.15) is 5.82 Å². The molecule has 0 saturated heterocycles. The number of aromatic amines is 1. The molecular formula is C15H23N3O2S. The van der Waals surface area contributed by atoms with Crippen LogP contribution < -0.4 is 4.72 Å². The number of nitrogens with zero attached hydrogens (tertiary/aromatic N) is 1. The van der Waals surface area contributed by atoms with E-state index >= 15 is 0 Å². The number of rotatable bonds is 4. The van der Waals surface area contributed by atoms with Gasteiger partial charge in [-0.15, -0.1) is 0 Å². The minimum absolute atomic E-state index is 0.135. The molecule has 1 aromatic heterocycles. The molecule has 0 radical (unpaired) electrons. The molecule has 4 aliphatic carbocycles. The summed E-state index contributed by atoms with van der Waals surface area (Å²) in [7, 11) is -3.46. The monoisotopic (exact) mass is 309 g/mol. The van der Waals surface area contributed by atoms with E-state index in [0.29, 0.717) is 18.3 Å². The Hall–Kier alpha value is -0.880. The quantitative estimate of drug-likeness (QED) is 0.894. The van der Waals surface area contributed by atoms with Gasteiger partial charge in [0.25, 0.3) is 10.0 Å². The Morgan fingerprint density at radius 2 is 1.81 bits per heavy atom. The van der Waals surface area contributed by atoms with Crippen molar-refractivity contribution < 1.29 is 8.42 Å². The average Bonchev–Trinajstić information content (AvgIpc) is 2.92. The summed E-state index contributed by atoms with van der Waals surface area (Å²) in [5.74, 6) is 3.52. The zero-order chi connectivity index (χ0) is 14.6. The van der Waals surface area contributed by atoms with Gasteiger partial charge in [0.2, 0.25) is 0 Å². The molecule has 0 unspecified atom stereocenters. The molecule has 0 aromatic carbocycles.